The van der Waals surface area contributed by atoms with Gasteiger partial charge in [0.15, 0.2) is 0 Å². The molecule has 2 N–H and O–H groups in total. The summed E-state index contributed by atoms with van der Waals surface area (Å²) in [5, 5.41) is 6.10. The molecule has 1 aromatic carbocycles. The second-order valence-electron chi connectivity index (χ2n) is 3.87. The van der Waals surface area contributed by atoms with Crippen molar-refractivity contribution in [2.45, 2.75) is 6.54 Å². The molecule has 17 heavy (non-hydrogen) atoms. The topological polar surface area (TPSA) is 49.8 Å². The van der Waals surface area contributed by atoms with Crippen LogP contribution in [-0.2, 0) is 13.6 Å². The zero-order valence-electron chi connectivity index (χ0n) is 9.75. The molecular formula is C12H14BrN3O. The van der Waals surface area contributed by atoms with E-state index in [1.807, 2.05) is 31.3 Å². The van der Waals surface area contributed by atoms with Crippen LogP contribution >= 0.6 is 15.9 Å². The van der Waals surface area contributed by atoms with Crippen molar-refractivity contribution in [1.82, 2.24) is 15.1 Å². The van der Waals surface area contributed by atoms with E-state index in [0.29, 0.717) is 6.54 Å². The van der Waals surface area contributed by atoms with E-state index in [1.54, 1.807) is 7.05 Å². The first kappa shape index (κ1) is 12.1. The number of hydrogen-bond donors (Lipinski definition) is 2. The van der Waals surface area contributed by atoms with Gasteiger partial charge in [-0.05, 0) is 19.2 Å². The van der Waals surface area contributed by atoms with Crippen molar-refractivity contribution in [2.75, 3.05) is 7.05 Å². The molecule has 0 amide bonds. The summed E-state index contributed by atoms with van der Waals surface area (Å²) in [6.07, 6.45) is 0. The number of aryl methyl sites for hydroxylation is 1. The van der Waals surface area contributed by atoms with Crippen LogP contribution in [0.15, 0.2) is 33.5 Å². The second kappa shape index (κ2) is 4.89. The fraction of sp³-hybridized carbons (Fsp3) is 0.250. The van der Waals surface area contributed by atoms with Crippen LogP contribution in [0.2, 0.25) is 0 Å². The Morgan fingerprint density at radius 3 is 2.88 bits per heavy atom. The van der Waals surface area contributed by atoms with Gasteiger partial charge in [-0.3, -0.25) is 14.6 Å². The molecule has 0 saturated carbocycles. The van der Waals surface area contributed by atoms with E-state index in [2.05, 4.69) is 26.3 Å². The van der Waals surface area contributed by atoms with Crippen molar-refractivity contribution < 1.29 is 0 Å². The first-order valence-corrected chi connectivity index (χ1v) is 6.11. The molecule has 0 radical (unpaired) electrons. The number of rotatable bonds is 3. The van der Waals surface area contributed by atoms with Gasteiger partial charge in [0.2, 0.25) is 0 Å². The fourth-order valence-corrected chi connectivity index (χ4v) is 2.22. The lowest BCUT2D eigenvalue weighted by molar-refractivity contribution is 0.734. The van der Waals surface area contributed by atoms with Crippen molar-refractivity contribution in [3.05, 3.63) is 44.7 Å². The number of nitrogens with one attached hydrogen (secondary N) is 2. The Labute approximate surface area is 108 Å². The van der Waals surface area contributed by atoms with E-state index in [0.717, 1.165) is 21.3 Å². The predicted molar refractivity (Wildman–Crippen MR) is 71.9 cm³/mol. The fourth-order valence-electron chi connectivity index (χ4n) is 1.82. The predicted octanol–water partition coefficient (Wildman–Crippen LogP) is 1.86. The Morgan fingerprint density at radius 2 is 2.24 bits per heavy atom. The van der Waals surface area contributed by atoms with E-state index in [4.69, 9.17) is 0 Å². The highest BCUT2D eigenvalue weighted by molar-refractivity contribution is 9.10. The Hall–Kier alpha value is -1.33. The molecule has 0 aliphatic heterocycles. The average Bonchev–Trinajstić information content (AvgIpc) is 2.58. The van der Waals surface area contributed by atoms with Crippen molar-refractivity contribution in [1.29, 1.82) is 0 Å². The van der Waals surface area contributed by atoms with Crippen LogP contribution in [0.1, 0.15) is 5.56 Å². The standard InChI is InChI=1S/C12H14BrN3O/c1-14-7-10-11(15-16(2)12(10)17)8-4-3-5-9(13)6-8/h3-6,14-15H,7H2,1-2H3. The molecule has 0 unspecified atom stereocenters. The number of aromatic amines is 1. The van der Waals surface area contributed by atoms with Gasteiger partial charge in [-0.25, -0.2) is 0 Å². The van der Waals surface area contributed by atoms with Gasteiger partial charge in [0.1, 0.15) is 0 Å². The summed E-state index contributed by atoms with van der Waals surface area (Å²) >= 11 is 3.43. The molecule has 0 spiro atoms. The van der Waals surface area contributed by atoms with Crippen LogP contribution in [0, 0.1) is 0 Å². The van der Waals surface area contributed by atoms with Crippen LogP contribution in [-0.4, -0.2) is 16.8 Å². The highest BCUT2D eigenvalue weighted by atomic mass is 79.9. The molecule has 0 atom stereocenters. The number of hydrogen-bond acceptors (Lipinski definition) is 2. The molecule has 90 valence electrons. The Bertz CT molecular complexity index is 586. The molecule has 0 bridgehead atoms. The molecule has 5 heteroatoms. The minimum Gasteiger partial charge on any atom is -0.315 e. The van der Waals surface area contributed by atoms with Gasteiger partial charge in [-0.1, -0.05) is 28.1 Å². The SMILES string of the molecule is CNCc1c(-c2cccc(Br)c2)[nH]n(C)c1=O. The number of halogens is 1. The van der Waals surface area contributed by atoms with Gasteiger partial charge < -0.3 is 5.32 Å². The Morgan fingerprint density at radius 1 is 1.47 bits per heavy atom. The summed E-state index contributed by atoms with van der Waals surface area (Å²) in [6, 6.07) is 7.88. The Balaban J connectivity index is 2.59. The summed E-state index contributed by atoms with van der Waals surface area (Å²) in [4.78, 5) is 11.9. The van der Waals surface area contributed by atoms with Crippen molar-refractivity contribution in [3.8, 4) is 11.3 Å². The third-order valence-electron chi connectivity index (χ3n) is 2.61. The highest BCUT2D eigenvalue weighted by Gasteiger charge is 2.13. The molecule has 2 aromatic rings. The lowest BCUT2D eigenvalue weighted by atomic mass is 10.1. The quantitative estimate of drug-likeness (QED) is 0.908. The largest absolute Gasteiger partial charge is 0.315 e. The number of H-pyrrole nitrogens is 1. The van der Waals surface area contributed by atoms with Gasteiger partial charge in [-0.2, -0.15) is 0 Å². The summed E-state index contributed by atoms with van der Waals surface area (Å²) < 4.78 is 2.50. The summed E-state index contributed by atoms with van der Waals surface area (Å²) in [5.41, 5.74) is 2.64. The lowest BCUT2D eigenvalue weighted by Crippen LogP contribution is -2.19. The lowest BCUT2D eigenvalue weighted by Gasteiger charge is -2.02. The third-order valence-corrected chi connectivity index (χ3v) is 3.10. The van der Waals surface area contributed by atoms with Crippen LogP contribution in [0.4, 0.5) is 0 Å². The number of aromatic nitrogens is 2. The number of benzene rings is 1. The average molecular weight is 296 g/mol. The monoisotopic (exact) mass is 295 g/mol. The van der Waals surface area contributed by atoms with Gasteiger partial charge >= 0.3 is 0 Å². The van der Waals surface area contributed by atoms with Gasteiger partial charge in [-0.15, -0.1) is 0 Å². The van der Waals surface area contributed by atoms with Crippen LogP contribution < -0.4 is 10.9 Å². The van der Waals surface area contributed by atoms with Crippen molar-refractivity contribution >= 4 is 15.9 Å². The van der Waals surface area contributed by atoms with Crippen molar-refractivity contribution in [3.63, 3.8) is 0 Å². The second-order valence-corrected chi connectivity index (χ2v) is 4.79. The van der Waals surface area contributed by atoms with Crippen LogP contribution in [0.5, 0.6) is 0 Å². The first-order valence-electron chi connectivity index (χ1n) is 5.32. The van der Waals surface area contributed by atoms with Gasteiger partial charge in [0.05, 0.1) is 11.3 Å². The molecule has 0 aliphatic rings. The minimum atomic E-state index is 0.00863. The zero-order valence-corrected chi connectivity index (χ0v) is 11.3. The van der Waals surface area contributed by atoms with E-state index < -0.39 is 0 Å². The Kier molecular flexibility index (Phi) is 3.49. The van der Waals surface area contributed by atoms with Gasteiger partial charge in [0.25, 0.3) is 5.56 Å². The summed E-state index contributed by atoms with van der Waals surface area (Å²) in [5.74, 6) is 0. The van der Waals surface area contributed by atoms with E-state index in [9.17, 15) is 4.79 Å². The molecule has 0 aliphatic carbocycles. The van der Waals surface area contributed by atoms with Gasteiger partial charge in [0, 0.05) is 23.6 Å². The smallest absolute Gasteiger partial charge is 0.271 e. The molecular weight excluding hydrogens is 282 g/mol. The van der Waals surface area contributed by atoms with E-state index >= 15 is 0 Å². The minimum absolute atomic E-state index is 0.00863. The van der Waals surface area contributed by atoms with E-state index in [1.165, 1.54) is 4.68 Å². The highest BCUT2D eigenvalue weighted by Crippen LogP contribution is 2.22. The zero-order chi connectivity index (χ0) is 12.4. The molecule has 0 saturated heterocycles. The summed E-state index contributed by atoms with van der Waals surface area (Å²) in [7, 11) is 3.56. The van der Waals surface area contributed by atoms with Crippen LogP contribution in [0.25, 0.3) is 11.3 Å². The first-order chi connectivity index (χ1) is 8.13. The molecule has 2 rings (SSSR count). The van der Waals surface area contributed by atoms with Crippen LogP contribution in [0.3, 0.4) is 0 Å². The maximum atomic E-state index is 11.9. The number of nitrogens with zero attached hydrogens (tertiary/aromatic N) is 1. The molecule has 1 heterocycles. The maximum absolute atomic E-state index is 11.9. The third kappa shape index (κ3) is 2.35. The molecule has 1 aromatic heterocycles. The van der Waals surface area contributed by atoms with E-state index in [-0.39, 0.29) is 5.56 Å². The molecule has 0 fully saturated rings. The van der Waals surface area contributed by atoms with Crippen molar-refractivity contribution in [2.24, 2.45) is 7.05 Å². The maximum Gasteiger partial charge on any atom is 0.271 e. The molecule has 4 nitrogen and oxygen atoms in total. The normalized spacial score (nSPS) is 10.8. The summed E-state index contributed by atoms with van der Waals surface area (Å²) in [6.45, 7) is 0.554.